The van der Waals surface area contributed by atoms with Crippen molar-refractivity contribution < 1.29 is 13.6 Å². The van der Waals surface area contributed by atoms with Crippen molar-refractivity contribution >= 4 is 11.6 Å². The molecule has 31 heavy (non-hydrogen) atoms. The van der Waals surface area contributed by atoms with Gasteiger partial charge < -0.3 is 5.32 Å². The van der Waals surface area contributed by atoms with Crippen LogP contribution in [0.4, 0.5) is 14.5 Å². The van der Waals surface area contributed by atoms with Gasteiger partial charge in [-0.1, -0.05) is 18.2 Å². The maximum atomic E-state index is 13.4. The summed E-state index contributed by atoms with van der Waals surface area (Å²) in [5.41, 5.74) is 3.66. The van der Waals surface area contributed by atoms with E-state index in [-0.39, 0.29) is 17.5 Å². The molecule has 0 unspecified atom stereocenters. The van der Waals surface area contributed by atoms with Gasteiger partial charge >= 0.3 is 0 Å². The fraction of sp³-hybridized carbons (Fsp3) is 0.280. The Bertz CT molecular complexity index is 1010. The summed E-state index contributed by atoms with van der Waals surface area (Å²) in [7, 11) is 0. The average molecular weight is 421 g/mol. The van der Waals surface area contributed by atoms with Crippen LogP contribution in [0, 0.1) is 11.6 Å². The van der Waals surface area contributed by atoms with E-state index in [2.05, 4.69) is 27.3 Å². The van der Waals surface area contributed by atoms with Gasteiger partial charge in [0.1, 0.15) is 11.6 Å². The van der Waals surface area contributed by atoms with Gasteiger partial charge in [-0.3, -0.25) is 14.7 Å². The van der Waals surface area contributed by atoms with Gasteiger partial charge in [-0.15, -0.1) is 0 Å². The molecule has 1 amide bonds. The highest BCUT2D eigenvalue weighted by atomic mass is 19.1. The highest BCUT2D eigenvalue weighted by molar-refractivity contribution is 5.92. The van der Waals surface area contributed by atoms with E-state index in [1.54, 1.807) is 24.3 Å². The van der Waals surface area contributed by atoms with Crippen molar-refractivity contribution in [3.05, 3.63) is 95.3 Å². The third kappa shape index (κ3) is 5.95. The number of carbonyl (C=O) groups excluding carboxylic acids is 1. The molecule has 1 fully saturated rings. The zero-order chi connectivity index (χ0) is 21.6. The normalized spacial score (nSPS) is 15.0. The van der Waals surface area contributed by atoms with E-state index < -0.39 is 0 Å². The monoisotopic (exact) mass is 421 g/mol. The lowest BCUT2D eigenvalue weighted by molar-refractivity contribution is -0.117. The summed E-state index contributed by atoms with van der Waals surface area (Å²) in [6.07, 6.45) is 4.43. The van der Waals surface area contributed by atoms with E-state index in [1.807, 2.05) is 12.3 Å². The number of benzene rings is 2. The van der Waals surface area contributed by atoms with Crippen molar-refractivity contribution in [3.8, 4) is 0 Å². The number of rotatable bonds is 6. The number of amides is 1. The Morgan fingerprint density at radius 2 is 1.74 bits per heavy atom. The lowest BCUT2D eigenvalue weighted by atomic mass is 9.92. The van der Waals surface area contributed by atoms with Crippen molar-refractivity contribution in [3.63, 3.8) is 0 Å². The van der Waals surface area contributed by atoms with Crippen LogP contribution in [0.1, 0.15) is 35.6 Å². The molecular weight excluding hydrogens is 396 g/mol. The topological polar surface area (TPSA) is 45.2 Å². The Morgan fingerprint density at radius 1 is 0.968 bits per heavy atom. The van der Waals surface area contributed by atoms with Crippen molar-refractivity contribution in [2.45, 2.75) is 25.2 Å². The average Bonchev–Trinajstić information content (AvgIpc) is 2.77. The SMILES string of the molecule is O=C(CN1CCC(c2ccc(Cc3cccc(F)c3)cn2)CC1)Nc1ccc(F)cc1. The summed E-state index contributed by atoms with van der Waals surface area (Å²) in [5, 5.41) is 2.81. The van der Waals surface area contributed by atoms with Crippen molar-refractivity contribution in [2.24, 2.45) is 0 Å². The first-order valence-corrected chi connectivity index (χ1v) is 10.5. The van der Waals surface area contributed by atoms with Crippen LogP contribution in [0.25, 0.3) is 0 Å². The lowest BCUT2D eigenvalue weighted by Gasteiger charge is -2.31. The Balaban J connectivity index is 1.25. The first kappa shape index (κ1) is 21.1. The van der Waals surface area contributed by atoms with Gasteiger partial charge in [-0.25, -0.2) is 8.78 Å². The smallest absolute Gasteiger partial charge is 0.238 e. The Hall–Kier alpha value is -3.12. The number of hydrogen-bond acceptors (Lipinski definition) is 3. The standard InChI is InChI=1S/C25H25F2N3O/c26-21-5-7-23(8-6-21)29-25(31)17-30-12-10-20(11-13-30)24-9-4-19(16-28-24)14-18-2-1-3-22(27)15-18/h1-9,15-16,20H,10-14,17H2,(H,29,31). The van der Waals surface area contributed by atoms with Crippen LogP contribution < -0.4 is 5.32 Å². The van der Waals surface area contributed by atoms with Crippen LogP contribution in [-0.4, -0.2) is 35.4 Å². The molecule has 0 bridgehead atoms. The Morgan fingerprint density at radius 3 is 2.42 bits per heavy atom. The van der Waals surface area contributed by atoms with Gasteiger partial charge in [-0.2, -0.15) is 0 Å². The molecule has 2 heterocycles. The molecule has 3 aromatic rings. The van der Waals surface area contributed by atoms with Crippen LogP contribution in [0.5, 0.6) is 0 Å². The number of halogens is 2. The number of likely N-dealkylation sites (tertiary alicyclic amines) is 1. The first-order chi connectivity index (χ1) is 15.0. The largest absolute Gasteiger partial charge is 0.325 e. The number of carbonyl (C=O) groups is 1. The Labute approximate surface area is 180 Å². The molecule has 0 aliphatic carbocycles. The maximum Gasteiger partial charge on any atom is 0.238 e. The fourth-order valence-electron chi connectivity index (χ4n) is 3.99. The van der Waals surface area contributed by atoms with E-state index in [9.17, 15) is 13.6 Å². The number of nitrogens with one attached hydrogen (secondary N) is 1. The molecule has 160 valence electrons. The summed E-state index contributed by atoms with van der Waals surface area (Å²) < 4.78 is 26.3. The summed E-state index contributed by atoms with van der Waals surface area (Å²) in [4.78, 5) is 19.0. The summed E-state index contributed by atoms with van der Waals surface area (Å²) in [5.74, 6) is -0.264. The van der Waals surface area contributed by atoms with Crippen LogP contribution in [0.15, 0.2) is 66.9 Å². The molecule has 0 atom stereocenters. The van der Waals surface area contributed by atoms with Gasteiger partial charge in [0.25, 0.3) is 0 Å². The molecule has 2 aromatic carbocycles. The van der Waals surface area contributed by atoms with Crippen LogP contribution in [0.3, 0.4) is 0 Å². The predicted octanol–water partition coefficient (Wildman–Crippen LogP) is 4.77. The van der Waals surface area contributed by atoms with E-state index >= 15 is 0 Å². The number of aromatic nitrogens is 1. The minimum absolute atomic E-state index is 0.0927. The van der Waals surface area contributed by atoms with E-state index in [4.69, 9.17) is 0 Å². The van der Waals surface area contributed by atoms with Gasteiger partial charge in [0.2, 0.25) is 5.91 Å². The zero-order valence-electron chi connectivity index (χ0n) is 17.2. The molecule has 1 N–H and O–H groups in total. The lowest BCUT2D eigenvalue weighted by Crippen LogP contribution is -2.38. The zero-order valence-corrected chi connectivity index (χ0v) is 17.2. The Kier molecular flexibility index (Phi) is 6.67. The van der Waals surface area contributed by atoms with Gasteiger partial charge in [0.15, 0.2) is 0 Å². The first-order valence-electron chi connectivity index (χ1n) is 10.5. The molecule has 4 nitrogen and oxygen atoms in total. The molecule has 4 rings (SSSR count). The quantitative estimate of drug-likeness (QED) is 0.624. The predicted molar refractivity (Wildman–Crippen MR) is 117 cm³/mol. The number of piperidine rings is 1. The molecule has 1 aromatic heterocycles. The van der Waals surface area contributed by atoms with Crippen molar-refractivity contribution in [2.75, 3.05) is 25.0 Å². The molecule has 1 saturated heterocycles. The van der Waals surface area contributed by atoms with Gasteiger partial charge in [0, 0.05) is 23.5 Å². The van der Waals surface area contributed by atoms with Gasteiger partial charge in [-0.05, 0) is 85.9 Å². The second-order valence-corrected chi connectivity index (χ2v) is 8.00. The highest BCUT2D eigenvalue weighted by Gasteiger charge is 2.23. The third-order valence-corrected chi connectivity index (χ3v) is 5.65. The molecule has 0 spiro atoms. The summed E-state index contributed by atoms with van der Waals surface area (Å²) >= 11 is 0. The highest BCUT2D eigenvalue weighted by Crippen LogP contribution is 2.27. The number of nitrogens with zero attached hydrogens (tertiary/aromatic N) is 2. The molecule has 1 aliphatic rings. The van der Waals surface area contributed by atoms with Crippen molar-refractivity contribution in [1.29, 1.82) is 0 Å². The molecule has 0 saturated carbocycles. The maximum absolute atomic E-state index is 13.4. The fourth-order valence-corrected chi connectivity index (χ4v) is 3.99. The van der Waals surface area contributed by atoms with Crippen LogP contribution >= 0.6 is 0 Å². The van der Waals surface area contributed by atoms with E-state index in [0.29, 0.717) is 24.6 Å². The van der Waals surface area contributed by atoms with Gasteiger partial charge in [0.05, 0.1) is 6.54 Å². The minimum atomic E-state index is -0.323. The minimum Gasteiger partial charge on any atom is -0.325 e. The number of anilines is 1. The van der Waals surface area contributed by atoms with Crippen molar-refractivity contribution in [1.82, 2.24) is 9.88 Å². The number of hydrogen-bond donors (Lipinski definition) is 1. The van der Waals surface area contributed by atoms with Crippen LogP contribution in [0.2, 0.25) is 0 Å². The third-order valence-electron chi connectivity index (χ3n) is 5.65. The molecule has 1 aliphatic heterocycles. The second kappa shape index (κ2) is 9.79. The molecule has 0 radical (unpaired) electrons. The number of pyridine rings is 1. The second-order valence-electron chi connectivity index (χ2n) is 8.00. The molecular formula is C25H25F2N3O. The van der Waals surface area contributed by atoms with Crippen LogP contribution in [-0.2, 0) is 11.2 Å². The summed E-state index contributed by atoms with van der Waals surface area (Å²) in [6, 6.07) is 16.5. The van der Waals surface area contributed by atoms with E-state index in [1.165, 1.54) is 18.2 Å². The van der Waals surface area contributed by atoms with E-state index in [0.717, 1.165) is 42.8 Å². The molecule has 6 heteroatoms. The summed E-state index contributed by atoms with van der Waals surface area (Å²) in [6.45, 7) is 1.98.